The van der Waals surface area contributed by atoms with E-state index in [4.69, 9.17) is 5.73 Å². The van der Waals surface area contributed by atoms with Gasteiger partial charge in [-0.3, -0.25) is 0 Å². The van der Waals surface area contributed by atoms with E-state index in [0.29, 0.717) is 11.7 Å². The van der Waals surface area contributed by atoms with Crippen LogP contribution in [0.4, 0.5) is 5.82 Å². The number of fused-ring (bicyclic) bond motifs is 3. The van der Waals surface area contributed by atoms with E-state index in [2.05, 4.69) is 34.5 Å². The highest BCUT2D eigenvalue weighted by atomic mass is 15.1. The van der Waals surface area contributed by atoms with Crippen LogP contribution in [0.1, 0.15) is 13.8 Å². The van der Waals surface area contributed by atoms with Gasteiger partial charge in [-0.05, 0) is 5.92 Å². The molecule has 0 spiro atoms. The summed E-state index contributed by atoms with van der Waals surface area (Å²) < 4.78 is 2.15. The molecule has 2 aromatic rings. The van der Waals surface area contributed by atoms with Crippen molar-refractivity contribution in [1.82, 2.24) is 14.5 Å². The lowest BCUT2D eigenvalue weighted by Crippen LogP contribution is -2.32. The Bertz CT molecular complexity index is 750. The van der Waals surface area contributed by atoms with Crippen LogP contribution in [0.2, 0.25) is 0 Å². The smallest absolute Gasteiger partial charge is 0.240 e. The monoisotopic (exact) mass is 239 g/mol. The minimum Gasteiger partial charge on any atom is -0.382 e. The van der Waals surface area contributed by atoms with Crippen molar-refractivity contribution in [3.05, 3.63) is 29.0 Å². The normalized spacial score (nSPS) is 13.1. The van der Waals surface area contributed by atoms with Crippen molar-refractivity contribution in [1.29, 1.82) is 0 Å². The molecule has 0 aliphatic heterocycles. The Hall–Kier alpha value is -2.19. The number of imidazole rings is 1. The SMILES string of the molecule is CC(C)Cn1cnc2c(N)nc3c(c21)=CC=C[C+]=3. The highest BCUT2D eigenvalue weighted by Gasteiger charge is 2.16. The van der Waals surface area contributed by atoms with E-state index in [1.807, 2.05) is 24.6 Å². The molecule has 4 heteroatoms. The molecule has 1 aliphatic carbocycles. The summed E-state index contributed by atoms with van der Waals surface area (Å²) >= 11 is 0. The number of aromatic nitrogens is 3. The number of anilines is 1. The quantitative estimate of drug-likeness (QED) is 0.784. The van der Waals surface area contributed by atoms with E-state index in [1.165, 1.54) is 0 Å². The van der Waals surface area contributed by atoms with Gasteiger partial charge in [0.25, 0.3) is 0 Å². The van der Waals surface area contributed by atoms with Crippen LogP contribution in [-0.2, 0) is 6.54 Å². The number of rotatable bonds is 2. The molecule has 0 aromatic carbocycles. The summed E-state index contributed by atoms with van der Waals surface area (Å²) in [5.74, 6) is 1.03. The third-order valence-electron chi connectivity index (χ3n) is 2.96. The molecule has 0 radical (unpaired) electrons. The van der Waals surface area contributed by atoms with Gasteiger partial charge in [0.15, 0.2) is 5.82 Å². The van der Waals surface area contributed by atoms with E-state index in [0.717, 1.165) is 28.1 Å². The summed E-state index contributed by atoms with van der Waals surface area (Å²) in [5.41, 5.74) is 7.80. The van der Waals surface area contributed by atoms with Crippen molar-refractivity contribution in [2.75, 3.05) is 5.73 Å². The molecule has 0 bridgehead atoms. The molecule has 2 N–H and O–H groups in total. The van der Waals surface area contributed by atoms with Gasteiger partial charge in [-0.25, -0.2) is 4.98 Å². The standard InChI is InChI=1S/C14H15N4/c1-9(2)7-18-8-16-12-13(18)10-5-3-4-6-11(10)17-14(12)15/h3-5,8-9H,7H2,1-2H3,(H2,15,17)/q+1. The van der Waals surface area contributed by atoms with Crippen LogP contribution in [-0.4, -0.2) is 14.5 Å². The molecule has 0 atom stereocenters. The predicted molar refractivity (Wildman–Crippen MR) is 73.0 cm³/mol. The van der Waals surface area contributed by atoms with Gasteiger partial charge in [0.05, 0.1) is 18.5 Å². The number of nitrogens with two attached hydrogens (primary N) is 1. The van der Waals surface area contributed by atoms with Crippen LogP contribution in [0, 0.1) is 5.92 Å². The van der Waals surface area contributed by atoms with Crippen LogP contribution in [0.15, 0.2) is 18.5 Å². The lowest BCUT2D eigenvalue weighted by Gasteiger charge is -2.06. The van der Waals surface area contributed by atoms with Crippen molar-refractivity contribution >= 4 is 29.0 Å². The number of pyridine rings is 1. The summed E-state index contributed by atoms with van der Waals surface area (Å²) in [6.07, 6.45) is 10.8. The van der Waals surface area contributed by atoms with Gasteiger partial charge in [-0.15, -0.1) is 0 Å². The van der Waals surface area contributed by atoms with Crippen molar-refractivity contribution in [2.24, 2.45) is 5.92 Å². The fourth-order valence-electron chi connectivity index (χ4n) is 2.27. The molecule has 0 saturated carbocycles. The molecule has 1 aliphatic rings. The summed E-state index contributed by atoms with van der Waals surface area (Å²) in [4.78, 5) is 8.73. The van der Waals surface area contributed by atoms with Gasteiger partial charge in [-0.2, -0.15) is 4.98 Å². The first kappa shape index (κ1) is 10.9. The Morgan fingerprint density at radius 3 is 3.06 bits per heavy atom. The number of hydrogen-bond donors (Lipinski definition) is 1. The molecule has 4 nitrogen and oxygen atoms in total. The molecule has 18 heavy (non-hydrogen) atoms. The van der Waals surface area contributed by atoms with Gasteiger partial charge >= 0.3 is 0 Å². The number of hydrogen-bond acceptors (Lipinski definition) is 3. The maximum absolute atomic E-state index is 5.96. The van der Waals surface area contributed by atoms with E-state index in [-0.39, 0.29) is 0 Å². The van der Waals surface area contributed by atoms with Crippen molar-refractivity contribution in [3.63, 3.8) is 0 Å². The Labute approximate surface area is 105 Å². The summed E-state index contributed by atoms with van der Waals surface area (Å²) in [7, 11) is 0. The maximum atomic E-state index is 5.96. The fraction of sp³-hybridized carbons (Fsp3) is 0.286. The third-order valence-corrected chi connectivity index (χ3v) is 2.96. The lowest BCUT2D eigenvalue weighted by atomic mass is 10.2. The van der Waals surface area contributed by atoms with Gasteiger partial charge in [0.2, 0.25) is 5.35 Å². The van der Waals surface area contributed by atoms with Crippen LogP contribution in [0.5, 0.6) is 0 Å². The van der Waals surface area contributed by atoms with Crippen molar-refractivity contribution in [3.8, 4) is 0 Å². The van der Waals surface area contributed by atoms with Gasteiger partial charge < -0.3 is 10.3 Å². The first-order valence-corrected chi connectivity index (χ1v) is 6.07. The van der Waals surface area contributed by atoms with Crippen LogP contribution in [0.25, 0.3) is 23.2 Å². The van der Waals surface area contributed by atoms with E-state index < -0.39 is 0 Å². The zero-order chi connectivity index (χ0) is 12.7. The molecule has 2 aromatic heterocycles. The number of allylic oxidation sites excluding steroid dienone is 2. The predicted octanol–water partition coefficient (Wildman–Crippen LogP) is 0.677. The van der Waals surface area contributed by atoms with Crippen molar-refractivity contribution < 1.29 is 0 Å². The van der Waals surface area contributed by atoms with Crippen LogP contribution >= 0.6 is 0 Å². The Morgan fingerprint density at radius 2 is 2.28 bits per heavy atom. The minimum atomic E-state index is 0.474. The van der Waals surface area contributed by atoms with E-state index in [1.54, 1.807) is 0 Å². The zero-order valence-electron chi connectivity index (χ0n) is 10.5. The topological polar surface area (TPSA) is 56.7 Å². The number of nitrogen functional groups attached to an aromatic ring is 1. The second-order valence-corrected chi connectivity index (χ2v) is 4.92. The Morgan fingerprint density at radius 1 is 1.44 bits per heavy atom. The van der Waals surface area contributed by atoms with Crippen LogP contribution < -0.4 is 16.3 Å². The highest BCUT2D eigenvalue weighted by Crippen LogP contribution is 2.14. The van der Waals surface area contributed by atoms with Gasteiger partial charge in [0, 0.05) is 12.6 Å². The molecular formula is C14H15N4+. The maximum Gasteiger partial charge on any atom is 0.240 e. The molecular weight excluding hydrogens is 224 g/mol. The molecule has 0 unspecified atom stereocenters. The average molecular weight is 239 g/mol. The zero-order valence-corrected chi connectivity index (χ0v) is 10.5. The minimum absolute atomic E-state index is 0.474. The number of nitrogens with zero attached hydrogens (tertiary/aromatic N) is 3. The third kappa shape index (κ3) is 1.59. The molecule has 2 heterocycles. The Kier molecular flexibility index (Phi) is 2.39. The summed E-state index contributed by atoms with van der Waals surface area (Å²) in [5, 5.41) is 1.85. The van der Waals surface area contributed by atoms with E-state index >= 15 is 0 Å². The molecule has 0 amide bonds. The Balaban J connectivity index is 2.41. The first-order valence-electron chi connectivity index (χ1n) is 6.07. The second-order valence-electron chi connectivity index (χ2n) is 4.92. The highest BCUT2D eigenvalue weighted by molar-refractivity contribution is 5.86. The summed E-state index contributed by atoms with van der Waals surface area (Å²) in [6.45, 7) is 5.29. The van der Waals surface area contributed by atoms with Crippen molar-refractivity contribution in [2.45, 2.75) is 20.4 Å². The lowest BCUT2D eigenvalue weighted by molar-refractivity contribution is 0.532. The molecule has 0 fully saturated rings. The van der Waals surface area contributed by atoms with E-state index in [9.17, 15) is 0 Å². The van der Waals surface area contributed by atoms with Gasteiger partial charge in [-0.1, -0.05) is 13.8 Å². The second kappa shape index (κ2) is 3.93. The molecule has 0 saturated heterocycles. The van der Waals surface area contributed by atoms with Gasteiger partial charge in [0.1, 0.15) is 22.3 Å². The fourth-order valence-corrected chi connectivity index (χ4v) is 2.27. The summed E-state index contributed by atoms with van der Waals surface area (Å²) in [6, 6.07) is 0. The largest absolute Gasteiger partial charge is 0.382 e. The molecule has 90 valence electrons. The van der Waals surface area contributed by atoms with Crippen LogP contribution in [0.3, 0.4) is 0 Å². The first-order chi connectivity index (χ1) is 8.66. The molecule has 3 rings (SSSR count). The average Bonchev–Trinajstić information content (AvgIpc) is 2.73.